The van der Waals surface area contributed by atoms with Gasteiger partial charge in [-0.05, 0) is 37.1 Å². The van der Waals surface area contributed by atoms with E-state index >= 15 is 4.39 Å². The molecule has 1 fully saturated rings. The Morgan fingerprint density at radius 1 is 1.25 bits per heavy atom. The Labute approximate surface area is 237 Å². The Bertz CT molecular complexity index is 1490. The Morgan fingerprint density at radius 3 is 2.52 bits per heavy atom. The van der Waals surface area contributed by atoms with Gasteiger partial charge in [0.05, 0.1) is 40.7 Å². The van der Waals surface area contributed by atoms with Gasteiger partial charge in [0, 0.05) is 24.0 Å². The average molecular weight is 571 g/mol. The lowest BCUT2D eigenvalue weighted by atomic mass is 9.86. The average Bonchev–Trinajstić information content (AvgIpc) is 2.92. The zero-order chi connectivity index (χ0) is 29.6. The third-order valence-electron chi connectivity index (χ3n) is 7.64. The first-order valence-corrected chi connectivity index (χ1v) is 13.6. The van der Waals surface area contributed by atoms with Crippen LogP contribution in [-0.4, -0.2) is 58.5 Å². The van der Waals surface area contributed by atoms with E-state index in [1.165, 1.54) is 35.4 Å². The highest BCUT2D eigenvalue weighted by molar-refractivity contribution is 6.34. The van der Waals surface area contributed by atoms with Crippen LogP contribution >= 0.6 is 11.6 Å². The molecule has 212 valence electrons. The van der Waals surface area contributed by atoms with Crippen molar-refractivity contribution in [2.24, 2.45) is 5.92 Å². The molecule has 2 aliphatic rings. The fourth-order valence-electron chi connectivity index (χ4n) is 5.94. The third kappa shape index (κ3) is 4.36. The standard InChI is InChI=1S/C28H27ClF2N4O3.C2H6/c1-6-21(37)34-12-19-28(38)33(5)18-11-32-25-15(27(18)35(19)26(13(2)3)14(34)4)10-16(29)22(24(25)31)23-17(30)8-7-9-20(23)36;1-2/h6-11,13-14,19,26,36H,1,12H2,2-5H3;1-2H3. The van der Waals surface area contributed by atoms with Crippen LogP contribution < -0.4 is 9.80 Å². The molecule has 0 aliphatic carbocycles. The fourth-order valence-corrected chi connectivity index (χ4v) is 6.23. The van der Waals surface area contributed by atoms with Gasteiger partial charge < -0.3 is 19.8 Å². The van der Waals surface area contributed by atoms with E-state index in [4.69, 9.17) is 11.6 Å². The number of hydrogen-bond acceptors (Lipinski definition) is 5. The number of nitrogens with zero attached hydrogens (tertiary/aromatic N) is 4. The number of hydrogen-bond donors (Lipinski definition) is 1. The van der Waals surface area contributed by atoms with Crippen molar-refractivity contribution >= 4 is 45.7 Å². The molecule has 10 heteroatoms. The van der Waals surface area contributed by atoms with Gasteiger partial charge in [0.15, 0.2) is 5.82 Å². The lowest BCUT2D eigenvalue weighted by molar-refractivity contribution is -0.132. The molecular weight excluding hydrogens is 538 g/mol. The van der Waals surface area contributed by atoms with Crippen molar-refractivity contribution in [2.45, 2.75) is 52.7 Å². The number of piperazine rings is 1. The van der Waals surface area contributed by atoms with Crippen LogP contribution in [-0.2, 0) is 9.59 Å². The summed E-state index contributed by atoms with van der Waals surface area (Å²) >= 11 is 6.57. The minimum atomic E-state index is -0.888. The fraction of sp³-hybridized carbons (Fsp3) is 0.367. The zero-order valence-corrected chi connectivity index (χ0v) is 24.1. The minimum Gasteiger partial charge on any atom is -0.507 e. The summed E-state index contributed by atoms with van der Waals surface area (Å²) in [7, 11) is 1.61. The lowest BCUT2D eigenvalue weighted by Crippen LogP contribution is -2.70. The van der Waals surface area contributed by atoms with Gasteiger partial charge in [-0.15, -0.1) is 0 Å². The topological polar surface area (TPSA) is 77.0 Å². The van der Waals surface area contributed by atoms with Crippen LogP contribution in [0.25, 0.3) is 22.0 Å². The molecule has 0 bridgehead atoms. The van der Waals surface area contributed by atoms with Gasteiger partial charge >= 0.3 is 0 Å². The molecule has 0 saturated carbocycles. The van der Waals surface area contributed by atoms with Gasteiger partial charge in [-0.3, -0.25) is 14.6 Å². The van der Waals surface area contributed by atoms with Crippen LogP contribution in [0, 0.1) is 17.6 Å². The van der Waals surface area contributed by atoms with Crippen molar-refractivity contribution in [3.63, 3.8) is 0 Å². The summed E-state index contributed by atoms with van der Waals surface area (Å²) in [5.41, 5.74) is 0.300. The highest BCUT2D eigenvalue weighted by Gasteiger charge is 2.50. The van der Waals surface area contributed by atoms with Crippen LogP contribution in [0.2, 0.25) is 5.02 Å². The monoisotopic (exact) mass is 570 g/mol. The Kier molecular flexibility index (Phi) is 8.08. The molecule has 3 atom stereocenters. The quantitative estimate of drug-likeness (QED) is 0.382. The van der Waals surface area contributed by atoms with E-state index in [0.29, 0.717) is 16.8 Å². The summed E-state index contributed by atoms with van der Waals surface area (Å²) in [5.74, 6) is -2.67. The van der Waals surface area contributed by atoms with Gasteiger partial charge in [-0.25, -0.2) is 8.78 Å². The number of aromatic nitrogens is 1. The number of aromatic hydroxyl groups is 1. The predicted octanol–water partition coefficient (Wildman–Crippen LogP) is 6.16. The molecule has 5 rings (SSSR count). The molecule has 2 aromatic carbocycles. The molecule has 2 aliphatic heterocycles. The molecule has 3 aromatic rings. The normalized spacial score (nSPS) is 20.2. The predicted molar refractivity (Wildman–Crippen MR) is 155 cm³/mol. The SMILES string of the molecule is C=CC(=O)N1CC2C(=O)N(C)c3cnc4c(F)c(-c5c(O)cccc5F)c(Cl)cc4c3N2C(C(C)C)C1C.CC. The number of carbonyl (C=O) groups excluding carboxylic acids is 2. The lowest BCUT2D eigenvalue weighted by Gasteiger charge is -2.55. The van der Waals surface area contributed by atoms with Gasteiger partial charge in [-0.1, -0.05) is 51.9 Å². The molecule has 0 spiro atoms. The van der Waals surface area contributed by atoms with Crippen LogP contribution in [0.15, 0.2) is 43.1 Å². The van der Waals surface area contributed by atoms with Crippen LogP contribution in [0.1, 0.15) is 34.6 Å². The first-order valence-electron chi connectivity index (χ1n) is 13.3. The molecule has 3 unspecified atom stereocenters. The van der Waals surface area contributed by atoms with E-state index in [0.717, 1.165) is 6.07 Å². The summed E-state index contributed by atoms with van der Waals surface area (Å²) in [6.45, 7) is 13.6. The summed E-state index contributed by atoms with van der Waals surface area (Å²) < 4.78 is 30.8. The van der Waals surface area contributed by atoms with E-state index in [-0.39, 0.29) is 58.0 Å². The Balaban J connectivity index is 0.00000181. The number of phenols is 1. The van der Waals surface area contributed by atoms with Crippen LogP contribution in [0.5, 0.6) is 5.75 Å². The molecular formula is C30H33ClF2N4O3. The molecule has 2 amide bonds. The van der Waals surface area contributed by atoms with E-state index < -0.39 is 23.4 Å². The number of halogens is 3. The highest BCUT2D eigenvalue weighted by Crippen LogP contribution is 2.48. The summed E-state index contributed by atoms with van der Waals surface area (Å²) in [6.07, 6.45) is 2.65. The third-order valence-corrected chi connectivity index (χ3v) is 7.93. The molecule has 1 saturated heterocycles. The number of phenolic OH excluding ortho intramolecular Hbond substituents is 1. The molecule has 0 radical (unpaired) electrons. The van der Waals surface area contributed by atoms with Crippen molar-refractivity contribution in [2.75, 3.05) is 23.4 Å². The first-order chi connectivity index (χ1) is 19.0. The molecule has 7 nitrogen and oxygen atoms in total. The largest absolute Gasteiger partial charge is 0.507 e. The first kappa shape index (κ1) is 29.3. The van der Waals surface area contributed by atoms with Crippen molar-refractivity contribution in [1.82, 2.24) is 9.88 Å². The highest BCUT2D eigenvalue weighted by atomic mass is 35.5. The second-order valence-corrected chi connectivity index (χ2v) is 10.5. The van der Waals surface area contributed by atoms with Gasteiger partial charge in [0.1, 0.15) is 23.1 Å². The molecule has 1 N–H and O–H groups in total. The smallest absolute Gasteiger partial charge is 0.251 e. The van der Waals surface area contributed by atoms with E-state index in [9.17, 15) is 19.1 Å². The maximum absolute atomic E-state index is 16.1. The number of rotatable bonds is 3. The number of benzene rings is 2. The number of fused-ring (bicyclic) bond motifs is 5. The van der Waals surface area contributed by atoms with E-state index in [1.807, 2.05) is 39.5 Å². The maximum atomic E-state index is 16.1. The summed E-state index contributed by atoms with van der Waals surface area (Å²) in [5, 5.41) is 10.5. The number of amides is 2. The van der Waals surface area contributed by atoms with Gasteiger partial charge in [-0.2, -0.15) is 0 Å². The Morgan fingerprint density at radius 2 is 1.93 bits per heavy atom. The molecule has 1 aromatic heterocycles. The number of anilines is 2. The van der Waals surface area contributed by atoms with Crippen molar-refractivity contribution in [3.8, 4) is 16.9 Å². The Hall–Kier alpha value is -3.72. The van der Waals surface area contributed by atoms with Crippen molar-refractivity contribution in [1.29, 1.82) is 0 Å². The number of pyridine rings is 1. The van der Waals surface area contributed by atoms with Gasteiger partial charge in [0.25, 0.3) is 5.91 Å². The van der Waals surface area contributed by atoms with Gasteiger partial charge in [0.2, 0.25) is 5.91 Å². The summed E-state index contributed by atoms with van der Waals surface area (Å²) in [6, 6.07) is 3.84. The number of carbonyl (C=O) groups is 2. The minimum absolute atomic E-state index is 0.00450. The second kappa shape index (κ2) is 11.0. The zero-order valence-electron chi connectivity index (χ0n) is 23.4. The van der Waals surface area contributed by atoms with Crippen molar-refractivity contribution < 1.29 is 23.5 Å². The summed E-state index contributed by atoms with van der Waals surface area (Å²) in [4.78, 5) is 35.6. The van der Waals surface area contributed by atoms with E-state index in [1.54, 1.807) is 11.9 Å². The van der Waals surface area contributed by atoms with E-state index in [2.05, 4.69) is 11.6 Å². The van der Waals surface area contributed by atoms with Crippen LogP contribution in [0.4, 0.5) is 20.2 Å². The molecule has 40 heavy (non-hydrogen) atoms. The van der Waals surface area contributed by atoms with Crippen molar-refractivity contribution in [3.05, 3.63) is 59.8 Å². The molecule has 3 heterocycles. The second-order valence-electron chi connectivity index (χ2n) is 10.1. The maximum Gasteiger partial charge on any atom is 0.251 e. The number of likely N-dealkylation sites (N-methyl/N-ethyl adjacent to an activating group) is 1. The van der Waals surface area contributed by atoms with Crippen LogP contribution in [0.3, 0.4) is 0 Å².